The summed E-state index contributed by atoms with van der Waals surface area (Å²) < 4.78 is 10.1. The van der Waals surface area contributed by atoms with Crippen molar-refractivity contribution in [3.63, 3.8) is 0 Å². The lowest BCUT2D eigenvalue weighted by Crippen LogP contribution is -2.36. The summed E-state index contributed by atoms with van der Waals surface area (Å²) in [5.74, 6) is -0.724. The molecule has 0 aliphatic carbocycles. The van der Waals surface area contributed by atoms with Crippen LogP contribution in [-0.4, -0.2) is 68.1 Å². The molecule has 0 fully saturated rings. The van der Waals surface area contributed by atoms with Crippen molar-refractivity contribution in [1.82, 2.24) is 10.2 Å². The second-order valence-corrected chi connectivity index (χ2v) is 9.64. The summed E-state index contributed by atoms with van der Waals surface area (Å²) in [5, 5.41) is 11.9. The first-order valence-corrected chi connectivity index (χ1v) is 13.4. The van der Waals surface area contributed by atoms with E-state index < -0.39 is 18.2 Å². The maximum Gasteiger partial charge on any atom is 0.407 e. The van der Waals surface area contributed by atoms with Gasteiger partial charge in [-0.05, 0) is 38.4 Å². The number of amides is 1. The molecule has 0 heterocycles. The number of alkyl carbamates (subject to hydrolysis) is 1. The van der Waals surface area contributed by atoms with Gasteiger partial charge in [0, 0.05) is 13.1 Å². The van der Waals surface area contributed by atoms with Crippen LogP contribution in [0.3, 0.4) is 0 Å². The van der Waals surface area contributed by atoms with Gasteiger partial charge in [0.15, 0.2) is 6.10 Å². The van der Waals surface area contributed by atoms with Gasteiger partial charge in [-0.25, -0.2) is 4.79 Å². The van der Waals surface area contributed by atoms with Crippen molar-refractivity contribution in [2.75, 3.05) is 39.9 Å². The summed E-state index contributed by atoms with van der Waals surface area (Å²) in [4.78, 5) is 25.6. The molecular formula is C28H48N2O5. The molecule has 0 spiro atoms. The van der Waals surface area contributed by atoms with Crippen molar-refractivity contribution in [2.45, 2.75) is 84.2 Å². The quantitative estimate of drug-likeness (QED) is 0.198. The summed E-state index contributed by atoms with van der Waals surface area (Å²) in [6, 6.07) is 10.7. The van der Waals surface area contributed by atoms with E-state index in [-0.39, 0.29) is 19.1 Å². The second-order valence-electron chi connectivity index (χ2n) is 9.64. The van der Waals surface area contributed by atoms with E-state index in [1.165, 1.54) is 63.4 Å². The average Bonchev–Trinajstić information content (AvgIpc) is 2.85. The number of hydrogen-bond acceptors (Lipinski definition) is 6. The number of aryl methyl sites for hydroxylation is 1. The Bertz CT molecular complexity index is 669. The topological polar surface area (TPSA) is 88.1 Å². The molecule has 2 N–H and O–H groups in total. The Kier molecular flexibility index (Phi) is 17.8. The van der Waals surface area contributed by atoms with E-state index in [9.17, 15) is 14.7 Å². The van der Waals surface area contributed by atoms with Crippen molar-refractivity contribution in [3.8, 4) is 0 Å². The molecule has 0 radical (unpaired) electrons. The molecule has 0 saturated heterocycles. The van der Waals surface area contributed by atoms with Gasteiger partial charge >= 0.3 is 12.1 Å². The van der Waals surface area contributed by atoms with Gasteiger partial charge in [-0.1, -0.05) is 89.1 Å². The first-order chi connectivity index (χ1) is 16.9. The number of nitrogens with one attached hydrogen (secondary N) is 1. The fourth-order valence-electron chi connectivity index (χ4n) is 3.70. The zero-order valence-electron chi connectivity index (χ0n) is 22.2. The summed E-state index contributed by atoms with van der Waals surface area (Å²) >= 11 is 0. The number of nitrogens with zero attached hydrogens (tertiary/aromatic N) is 1. The number of carbonyl (C=O) groups is 2. The molecular weight excluding hydrogens is 444 g/mol. The Labute approximate surface area is 212 Å². The van der Waals surface area contributed by atoms with Crippen LogP contribution < -0.4 is 5.32 Å². The number of aliphatic hydroxyl groups is 1. The standard InChI is InChI=1S/C28H48N2O5/c1-24(2)27(32)35-26(22-31)23-34-28(33)29-19-21-30(3)20-15-10-8-6-4-5-7-9-12-16-25-17-13-11-14-18-25/h11,13-14,17-18,24,26,31H,4-10,12,15-16,19-23H2,1-3H3,(H,29,33). The lowest BCUT2D eigenvalue weighted by Gasteiger charge is -2.18. The van der Waals surface area contributed by atoms with E-state index in [1.807, 2.05) is 0 Å². The van der Waals surface area contributed by atoms with Crippen molar-refractivity contribution in [2.24, 2.45) is 5.92 Å². The molecule has 7 heteroatoms. The van der Waals surface area contributed by atoms with E-state index in [0.717, 1.165) is 19.5 Å². The number of unbranched alkanes of at least 4 members (excludes halogenated alkanes) is 8. The first-order valence-electron chi connectivity index (χ1n) is 13.4. The number of likely N-dealkylation sites (N-methyl/N-ethyl adjacent to an activating group) is 1. The van der Waals surface area contributed by atoms with Gasteiger partial charge in [0.2, 0.25) is 0 Å². The molecule has 0 aromatic heterocycles. The van der Waals surface area contributed by atoms with Crippen LogP contribution in [0.4, 0.5) is 4.79 Å². The molecule has 1 aromatic carbocycles. The van der Waals surface area contributed by atoms with Crippen molar-refractivity contribution in [1.29, 1.82) is 0 Å². The molecule has 0 aliphatic rings. The van der Waals surface area contributed by atoms with E-state index in [1.54, 1.807) is 13.8 Å². The third-order valence-corrected chi connectivity index (χ3v) is 5.97. The van der Waals surface area contributed by atoms with Crippen LogP contribution in [0, 0.1) is 5.92 Å². The molecule has 1 rings (SSSR count). The molecule has 1 amide bonds. The highest BCUT2D eigenvalue weighted by Gasteiger charge is 2.18. The molecule has 35 heavy (non-hydrogen) atoms. The van der Waals surface area contributed by atoms with Gasteiger partial charge in [-0.15, -0.1) is 0 Å². The Balaban J connectivity index is 1.90. The maximum atomic E-state index is 11.8. The number of benzene rings is 1. The fourth-order valence-corrected chi connectivity index (χ4v) is 3.70. The molecule has 1 atom stereocenters. The number of aliphatic hydroxyl groups excluding tert-OH is 1. The van der Waals surface area contributed by atoms with Crippen LogP contribution >= 0.6 is 0 Å². The average molecular weight is 493 g/mol. The summed E-state index contributed by atoms with van der Waals surface area (Å²) in [7, 11) is 2.05. The Morgan fingerprint density at radius 2 is 1.51 bits per heavy atom. The maximum absolute atomic E-state index is 11.8. The summed E-state index contributed by atoms with van der Waals surface area (Å²) in [6.07, 6.45) is 11.4. The molecule has 1 aromatic rings. The molecule has 7 nitrogen and oxygen atoms in total. The van der Waals surface area contributed by atoms with Crippen molar-refractivity contribution >= 4 is 12.1 Å². The Morgan fingerprint density at radius 3 is 2.11 bits per heavy atom. The lowest BCUT2D eigenvalue weighted by atomic mass is 10.0. The van der Waals surface area contributed by atoms with Crippen LogP contribution in [0.25, 0.3) is 0 Å². The minimum absolute atomic E-state index is 0.162. The van der Waals surface area contributed by atoms with Crippen molar-refractivity contribution < 1.29 is 24.2 Å². The Morgan fingerprint density at radius 1 is 0.914 bits per heavy atom. The monoisotopic (exact) mass is 492 g/mol. The van der Waals surface area contributed by atoms with E-state index in [2.05, 4.69) is 47.6 Å². The van der Waals surface area contributed by atoms with E-state index in [0.29, 0.717) is 6.54 Å². The van der Waals surface area contributed by atoms with Gasteiger partial charge in [-0.2, -0.15) is 0 Å². The fraction of sp³-hybridized carbons (Fsp3) is 0.714. The normalized spacial score (nSPS) is 12.1. The summed E-state index contributed by atoms with van der Waals surface area (Å²) in [6.45, 7) is 5.09. The van der Waals surface area contributed by atoms with Gasteiger partial charge < -0.3 is 24.8 Å². The highest BCUT2D eigenvalue weighted by Crippen LogP contribution is 2.12. The highest BCUT2D eigenvalue weighted by molar-refractivity contribution is 5.71. The predicted molar refractivity (Wildman–Crippen MR) is 140 cm³/mol. The van der Waals surface area contributed by atoms with Gasteiger partial charge in [0.1, 0.15) is 6.61 Å². The van der Waals surface area contributed by atoms with Crippen LogP contribution in [0.15, 0.2) is 30.3 Å². The van der Waals surface area contributed by atoms with Crippen LogP contribution in [0.1, 0.15) is 77.2 Å². The number of carbonyl (C=O) groups excluding carboxylic acids is 2. The van der Waals surface area contributed by atoms with E-state index in [4.69, 9.17) is 9.47 Å². The van der Waals surface area contributed by atoms with Crippen LogP contribution in [0.2, 0.25) is 0 Å². The second kappa shape index (κ2) is 20.1. The third-order valence-electron chi connectivity index (χ3n) is 5.97. The zero-order valence-corrected chi connectivity index (χ0v) is 22.2. The first kappa shape index (κ1) is 30.9. The number of rotatable bonds is 20. The largest absolute Gasteiger partial charge is 0.456 e. The van der Waals surface area contributed by atoms with E-state index >= 15 is 0 Å². The molecule has 0 aliphatic heterocycles. The smallest absolute Gasteiger partial charge is 0.407 e. The zero-order chi connectivity index (χ0) is 25.7. The highest BCUT2D eigenvalue weighted by atomic mass is 16.6. The van der Waals surface area contributed by atoms with Gasteiger partial charge in [-0.3, -0.25) is 4.79 Å². The van der Waals surface area contributed by atoms with Crippen molar-refractivity contribution in [3.05, 3.63) is 35.9 Å². The third kappa shape index (κ3) is 17.0. The number of esters is 1. The lowest BCUT2D eigenvalue weighted by molar-refractivity contribution is -0.157. The summed E-state index contributed by atoms with van der Waals surface area (Å²) in [5.41, 5.74) is 1.45. The molecule has 200 valence electrons. The minimum atomic E-state index is -0.835. The predicted octanol–water partition coefficient (Wildman–Crippen LogP) is 4.96. The van der Waals surface area contributed by atoms with Crippen LogP contribution in [-0.2, 0) is 20.7 Å². The molecule has 0 saturated carbocycles. The number of ether oxygens (including phenoxy) is 2. The Hall–Kier alpha value is -2.12. The van der Waals surface area contributed by atoms with Gasteiger partial charge in [0.05, 0.1) is 12.5 Å². The number of hydrogen-bond donors (Lipinski definition) is 2. The molecule has 0 bridgehead atoms. The SMILES string of the molecule is CC(C)C(=O)OC(CO)COC(=O)NCCN(C)CCCCCCCCCCCc1ccccc1. The minimum Gasteiger partial charge on any atom is -0.456 e. The molecule has 1 unspecified atom stereocenters. The van der Waals surface area contributed by atoms with Gasteiger partial charge in [0.25, 0.3) is 0 Å². The van der Waals surface area contributed by atoms with Crippen LogP contribution in [0.5, 0.6) is 0 Å².